The summed E-state index contributed by atoms with van der Waals surface area (Å²) in [7, 11) is 0. The Labute approximate surface area is 142 Å². The number of hydrogen-bond donors (Lipinski definition) is 0. The third-order valence-electron chi connectivity index (χ3n) is 3.39. The van der Waals surface area contributed by atoms with Crippen molar-refractivity contribution in [1.29, 1.82) is 0 Å². The van der Waals surface area contributed by atoms with E-state index in [1.807, 2.05) is 38.1 Å². The van der Waals surface area contributed by atoms with Gasteiger partial charge in [0.2, 0.25) is 18.5 Å². The van der Waals surface area contributed by atoms with Crippen LogP contribution in [0.15, 0.2) is 33.9 Å². The van der Waals surface area contributed by atoms with E-state index in [1.165, 1.54) is 11.8 Å². The van der Waals surface area contributed by atoms with E-state index in [9.17, 15) is 0 Å². The maximum absolute atomic E-state index is 5.37. The predicted octanol–water partition coefficient (Wildman–Crippen LogP) is 3.16. The Morgan fingerprint density at radius 1 is 1.00 bits per heavy atom. The number of thioether (sulfide) groups is 1. The van der Waals surface area contributed by atoms with Crippen molar-refractivity contribution in [3.05, 3.63) is 41.5 Å². The Morgan fingerprint density at radius 3 is 2.62 bits per heavy atom. The fraction of sp³-hybridized carbons (Fsp3) is 0.250. The van der Waals surface area contributed by atoms with Crippen molar-refractivity contribution in [2.24, 2.45) is 0 Å². The van der Waals surface area contributed by atoms with E-state index in [-0.39, 0.29) is 6.79 Å². The minimum atomic E-state index is 0.239. The summed E-state index contributed by atoms with van der Waals surface area (Å²) >= 11 is 1.47. The van der Waals surface area contributed by atoms with Crippen LogP contribution in [-0.2, 0) is 5.75 Å². The molecule has 0 unspecified atom stereocenters. The van der Waals surface area contributed by atoms with Crippen molar-refractivity contribution >= 4 is 11.8 Å². The third kappa shape index (κ3) is 3.05. The van der Waals surface area contributed by atoms with E-state index in [4.69, 9.17) is 14.0 Å². The highest BCUT2D eigenvalue weighted by Gasteiger charge is 2.16. The van der Waals surface area contributed by atoms with E-state index in [2.05, 4.69) is 20.1 Å². The number of aryl methyl sites for hydroxylation is 2. The number of ether oxygens (including phenoxy) is 2. The van der Waals surface area contributed by atoms with Crippen LogP contribution in [0.5, 0.6) is 11.5 Å². The van der Waals surface area contributed by atoms with Gasteiger partial charge in [0, 0.05) is 17.0 Å². The minimum Gasteiger partial charge on any atom is -0.454 e. The zero-order valence-corrected chi connectivity index (χ0v) is 14.0. The van der Waals surface area contributed by atoms with Crippen LogP contribution in [-0.4, -0.2) is 26.9 Å². The Balaban J connectivity index is 1.48. The molecule has 0 radical (unpaired) electrons. The first-order valence-corrected chi connectivity index (χ1v) is 8.33. The second kappa shape index (κ2) is 6.12. The zero-order chi connectivity index (χ0) is 16.5. The highest BCUT2D eigenvalue weighted by molar-refractivity contribution is 7.98. The van der Waals surface area contributed by atoms with E-state index >= 15 is 0 Å². The molecule has 0 saturated carbocycles. The summed E-state index contributed by atoms with van der Waals surface area (Å²) < 4.78 is 16.0. The standard InChI is InChI=1S/C16H14N4O3S/c1-9-5-10(2)18-16(17-9)24-7-14-19-15(20-23-14)11-3-4-12-13(6-11)22-8-21-12/h3-6H,7-8H2,1-2H3. The lowest BCUT2D eigenvalue weighted by molar-refractivity contribution is 0.174. The number of hydrogen-bond acceptors (Lipinski definition) is 8. The quantitative estimate of drug-likeness (QED) is 0.528. The maximum atomic E-state index is 5.37. The largest absolute Gasteiger partial charge is 0.454 e. The van der Waals surface area contributed by atoms with Gasteiger partial charge in [-0.25, -0.2) is 9.97 Å². The Morgan fingerprint density at radius 2 is 1.79 bits per heavy atom. The topological polar surface area (TPSA) is 83.2 Å². The summed E-state index contributed by atoms with van der Waals surface area (Å²) in [5.41, 5.74) is 2.70. The van der Waals surface area contributed by atoms with Crippen LogP contribution in [0.2, 0.25) is 0 Å². The van der Waals surface area contributed by atoms with Crippen LogP contribution in [0.3, 0.4) is 0 Å². The smallest absolute Gasteiger partial charge is 0.237 e. The van der Waals surface area contributed by atoms with Crippen molar-refractivity contribution in [3.8, 4) is 22.9 Å². The van der Waals surface area contributed by atoms with Gasteiger partial charge in [0.25, 0.3) is 0 Å². The molecule has 1 aliphatic heterocycles. The molecule has 1 aromatic carbocycles. The van der Waals surface area contributed by atoms with E-state index < -0.39 is 0 Å². The van der Waals surface area contributed by atoms with Crippen LogP contribution in [0.25, 0.3) is 11.4 Å². The van der Waals surface area contributed by atoms with Gasteiger partial charge in [-0.3, -0.25) is 0 Å². The van der Waals surface area contributed by atoms with Crippen LogP contribution in [0.4, 0.5) is 0 Å². The molecule has 0 aliphatic carbocycles. The summed E-state index contributed by atoms with van der Waals surface area (Å²) in [5.74, 6) is 2.97. The normalized spacial score (nSPS) is 12.6. The van der Waals surface area contributed by atoms with Gasteiger partial charge < -0.3 is 14.0 Å². The first-order chi connectivity index (χ1) is 11.7. The fourth-order valence-corrected chi connectivity index (χ4v) is 3.14. The molecule has 8 heteroatoms. The van der Waals surface area contributed by atoms with Gasteiger partial charge in [0.15, 0.2) is 16.7 Å². The van der Waals surface area contributed by atoms with E-state index in [0.29, 0.717) is 28.4 Å². The van der Waals surface area contributed by atoms with Gasteiger partial charge in [0.1, 0.15) is 0 Å². The number of rotatable bonds is 4. The summed E-state index contributed by atoms with van der Waals surface area (Å²) in [5, 5.41) is 4.73. The Hall–Kier alpha value is -2.61. The van der Waals surface area contributed by atoms with Gasteiger partial charge in [0.05, 0.1) is 5.75 Å². The molecule has 0 bridgehead atoms. The highest BCUT2D eigenvalue weighted by atomic mass is 32.2. The molecule has 24 heavy (non-hydrogen) atoms. The number of nitrogens with zero attached hydrogens (tertiary/aromatic N) is 4. The molecule has 4 rings (SSSR count). The molecule has 0 spiro atoms. The molecule has 0 N–H and O–H groups in total. The van der Waals surface area contributed by atoms with Crippen molar-refractivity contribution in [1.82, 2.24) is 20.1 Å². The minimum absolute atomic E-state index is 0.239. The second-order valence-electron chi connectivity index (χ2n) is 5.30. The lowest BCUT2D eigenvalue weighted by Crippen LogP contribution is -1.93. The molecular weight excluding hydrogens is 328 g/mol. The summed E-state index contributed by atoms with van der Waals surface area (Å²) in [6, 6.07) is 7.50. The number of fused-ring (bicyclic) bond motifs is 1. The van der Waals surface area contributed by atoms with E-state index in [0.717, 1.165) is 22.7 Å². The molecule has 3 heterocycles. The van der Waals surface area contributed by atoms with Gasteiger partial charge in [-0.15, -0.1) is 0 Å². The molecule has 7 nitrogen and oxygen atoms in total. The van der Waals surface area contributed by atoms with Gasteiger partial charge in [-0.2, -0.15) is 4.98 Å². The Bertz CT molecular complexity index is 877. The average molecular weight is 342 g/mol. The summed E-state index contributed by atoms with van der Waals surface area (Å²) in [6.07, 6.45) is 0. The van der Waals surface area contributed by atoms with Crippen LogP contribution in [0, 0.1) is 13.8 Å². The summed E-state index contributed by atoms with van der Waals surface area (Å²) in [4.78, 5) is 13.2. The molecule has 0 saturated heterocycles. The SMILES string of the molecule is Cc1cc(C)nc(SCc2nc(-c3ccc4c(c3)OCO4)no2)n1. The van der Waals surface area contributed by atoms with E-state index in [1.54, 1.807) is 0 Å². The van der Waals surface area contributed by atoms with Crippen molar-refractivity contribution < 1.29 is 14.0 Å². The average Bonchev–Trinajstić information content (AvgIpc) is 3.20. The van der Waals surface area contributed by atoms with Crippen molar-refractivity contribution in [2.45, 2.75) is 24.8 Å². The van der Waals surface area contributed by atoms with Gasteiger partial charge in [-0.05, 0) is 38.1 Å². The van der Waals surface area contributed by atoms with Crippen LogP contribution < -0.4 is 9.47 Å². The molecule has 3 aromatic rings. The van der Waals surface area contributed by atoms with Crippen molar-refractivity contribution in [2.75, 3.05) is 6.79 Å². The lowest BCUT2D eigenvalue weighted by Gasteiger charge is -2.00. The highest BCUT2D eigenvalue weighted by Crippen LogP contribution is 2.35. The molecule has 0 fully saturated rings. The fourth-order valence-electron chi connectivity index (χ4n) is 2.35. The molecule has 2 aromatic heterocycles. The van der Waals surface area contributed by atoms with Crippen molar-refractivity contribution in [3.63, 3.8) is 0 Å². The molecular formula is C16H14N4O3S. The number of benzene rings is 1. The molecule has 1 aliphatic rings. The van der Waals surface area contributed by atoms with Gasteiger partial charge in [-0.1, -0.05) is 16.9 Å². The second-order valence-corrected chi connectivity index (χ2v) is 6.24. The maximum Gasteiger partial charge on any atom is 0.237 e. The third-order valence-corrected chi connectivity index (χ3v) is 4.22. The Kier molecular flexibility index (Phi) is 3.81. The molecule has 122 valence electrons. The predicted molar refractivity (Wildman–Crippen MR) is 86.9 cm³/mol. The molecule has 0 amide bonds. The number of aromatic nitrogens is 4. The first kappa shape index (κ1) is 14.9. The summed E-state index contributed by atoms with van der Waals surface area (Å²) in [6.45, 7) is 4.13. The zero-order valence-electron chi connectivity index (χ0n) is 13.1. The molecule has 0 atom stereocenters. The monoisotopic (exact) mass is 342 g/mol. The lowest BCUT2D eigenvalue weighted by atomic mass is 10.2. The van der Waals surface area contributed by atoms with Crippen LogP contribution in [0.1, 0.15) is 17.3 Å². The van der Waals surface area contributed by atoms with Gasteiger partial charge >= 0.3 is 0 Å². The van der Waals surface area contributed by atoms with Crippen LogP contribution >= 0.6 is 11.8 Å². The first-order valence-electron chi connectivity index (χ1n) is 7.35.